The first kappa shape index (κ1) is 58.8. The molecule has 4 aromatic rings. The van der Waals surface area contributed by atoms with Crippen LogP contribution in [0.4, 0.5) is 59.4 Å². The van der Waals surface area contributed by atoms with Gasteiger partial charge in [0.1, 0.15) is 23.7 Å². The zero-order chi connectivity index (χ0) is 57.2. The Morgan fingerprint density at radius 2 is 1.36 bits per heavy atom. The second-order valence-electron chi connectivity index (χ2n) is 20.4. The van der Waals surface area contributed by atoms with Crippen LogP contribution in [0.5, 0.6) is 0 Å². The number of hydrogen-bond acceptors (Lipinski definition) is 13. The van der Waals surface area contributed by atoms with Gasteiger partial charge < -0.3 is 40.5 Å². The van der Waals surface area contributed by atoms with Crippen molar-refractivity contribution in [3.05, 3.63) is 84.1 Å². The number of alkyl halides is 8. The van der Waals surface area contributed by atoms with Gasteiger partial charge in [0.2, 0.25) is 11.9 Å². The molecule has 426 valence electrons. The molecule has 2 aromatic heterocycles. The number of nitrogens with zero attached hydrogens (tertiary/aromatic N) is 7. The fourth-order valence-electron chi connectivity index (χ4n) is 9.54. The molecule has 78 heavy (non-hydrogen) atoms. The second-order valence-corrected chi connectivity index (χ2v) is 20.4. The number of fused-ring (bicyclic) bond motifs is 2. The average Bonchev–Trinajstić information content (AvgIpc) is 4.02. The summed E-state index contributed by atoms with van der Waals surface area (Å²) >= 11 is 0. The number of rotatable bonds is 20. The Morgan fingerprint density at radius 1 is 0.795 bits per heavy atom. The summed E-state index contributed by atoms with van der Waals surface area (Å²) in [7, 11) is 0.814. The van der Waals surface area contributed by atoms with Crippen molar-refractivity contribution in [3.63, 3.8) is 0 Å². The number of carbonyl (C=O) groups is 4. The molecule has 19 nitrogen and oxygen atoms in total. The molecule has 3 aliphatic rings. The molecular weight excluding hydrogens is 1060 g/mol. The van der Waals surface area contributed by atoms with Crippen molar-refractivity contribution in [2.45, 2.75) is 115 Å². The smallest absolute Gasteiger partial charge is 0.407 e. The summed E-state index contributed by atoms with van der Waals surface area (Å²) in [5.74, 6) is -5.69. The Balaban J connectivity index is 1.20. The topological polar surface area (TPSA) is 229 Å². The molecule has 7 rings (SSSR count). The molecule has 6 unspecified atom stereocenters. The van der Waals surface area contributed by atoms with Gasteiger partial charge in [-0.1, -0.05) is 24.3 Å². The minimum absolute atomic E-state index is 0.272. The number of hydrogen-bond donors (Lipinski definition) is 6. The van der Waals surface area contributed by atoms with Crippen LogP contribution < -0.4 is 26.3 Å². The molecular formula is C49H57F10N11O8. The van der Waals surface area contributed by atoms with Crippen molar-refractivity contribution in [2.24, 2.45) is 10.8 Å². The van der Waals surface area contributed by atoms with Gasteiger partial charge in [-0.3, -0.25) is 24.5 Å². The van der Waals surface area contributed by atoms with E-state index in [1.54, 1.807) is 24.5 Å². The third-order valence-corrected chi connectivity index (χ3v) is 14.5. The van der Waals surface area contributed by atoms with Crippen LogP contribution in [0.3, 0.4) is 0 Å². The molecule has 4 amide bonds. The Hall–Kier alpha value is -6.85. The lowest BCUT2D eigenvalue weighted by Gasteiger charge is -2.47. The Labute approximate surface area is 439 Å². The highest BCUT2D eigenvalue weighted by molar-refractivity contribution is 5.87. The van der Waals surface area contributed by atoms with E-state index in [1.807, 2.05) is 10.7 Å². The summed E-state index contributed by atoms with van der Waals surface area (Å²) in [4.78, 5) is 69.7. The minimum atomic E-state index is -5.28. The molecule has 3 saturated heterocycles. The Bertz CT molecular complexity index is 2740. The van der Waals surface area contributed by atoms with Crippen LogP contribution in [0.1, 0.15) is 58.2 Å². The molecule has 3 aliphatic heterocycles. The monoisotopic (exact) mass is 1120 g/mol. The highest BCUT2D eigenvalue weighted by Gasteiger charge is 2.57. The van der Waals surface area contributed by atoms with Crippen LogP contribution in [0.2, 0.25) is 0 Å². The average molecular weight is 1120 g/mol. The predicted molar refractivity (Wildman–Crippen MR) is 256 cm³/mol. The summed E-state index contributed by atoms with van der Waals surface area (Å²) in [6.45, 7) is -0.403. The van der Waals surface area contributed by atoms with Gasteiger partial charge in [0.05, 0.1) is 61.4 Å². The summed E-state index contributed by atoms with van der Waals surface area (Å²) in [5.41, 5.74) is -4.52. The minimum Gasteiger partial charge on any atom is -0.465 e. The number of ether oxygens (including phenoxy) is 2. The fourth-order valence-corrected chi connectivity index (χ4v) is 9.54. The van der Waals surface area contributed by atoms with E-state index in [-0.39, 0.29) is 16.8 Å². The molecule has 0 saturated carbocycles. The number of hydrazine groups is 1. The van der Waals surface area contributed by atoms with Gasteiger partial charge in [-0.15, -0.1) is 0 Å². The van der Waals surface area contributed by atoms with Crippen LogP contribution in [0, 0.1) is 22.5 Å². The van der Waals surface area contributed by atoms with Crippen molar-refractivity contribution < 1.29 is 82.8 Å². The third kappa shape index (κ3) is 13.0. The first-order valence-electron chi connectivity index (χ1n) is 24.3. The predicted octanol–water partition coefficient (Wildman–Crippen LogP) is 6.19. The number of nitrogens with one attached hydrogen (secondary N) is 4. The van der Waals surface area contributed by atoms with Gasteiger partial charge in [0, 0.05) is 73.5 Å². The van der Waals surface area contributed by atoms with Crippen LogP contribution in [0.15, 0.2) is 61.3 Å². The third-order valence-electron chi connectivity index (χ3n) is 14.5. The van der Waals surface area contributed by atoms with E-state index in [4.69, 9.17) is 4.74 Å². The van der Waals surface area contributed by atoms with Crippen molar-refractivity contribution >= 4 is 29.9 Å². The number of aromatic nitrogens is 4. The zero-order valence-electron chi connectivity index (χ0n) is 42.5. The molecule has 6 N–H and O–H groups in total. The standard InChI is InChI=1S/C49H57F10N11O8/c1-46(2,48(54,55)56)38(65-45(76)77-5)40(72)63-35(12-25-6-8-26(9-7-25)28-15-60-43(61-16-28)67-17-29-10-11-30(18-67)70(29)31-22-78-23-31)37(71)21-69(66-41(73)39(64-44(74)75)47(3,4)49(57,58)59)19-32-33(50)13-27(14-34(32)51)36-20-68(24-62-36)42(52)53/h6-9,13-16,20,24,29-31,35,37-39,42,64,71H,10-12,17-19,21-23H2,1-5H3,(H,63,72)(H,65,76)(H,66,73)(H,74,75). The molecule has 5 heterocycles. The number of piperazine rings is 1. The van der Waals surface area contributed by atoms with Gasteiger partial charge >= 0.3 is 31.1 Å². The molecule has 29 heteroatoms. The molecule has 2 bridgehead atoms. The molecule has 0 aliphatic carbocycles. The van der Waals surface area contributed by atoms with E-state index in [0.29, 0.717) is 104 Å². The molecule has 6 atom stereocenters. The summed E-state index contributed by atoms with van der Waals surface area (Å²) in [6.07, 6.45) is -9.93. The number of imidazole rings is 1. The largest absolute Gasteiger partial charge is 0.465 e. The van der Waals surface area contributed by atoms with Gasteiger partial charge in [-0.05, 0) is 70.2 Å². The van der Waals surface area contributed by atoms with Gasteiger partial charge in [-0.25, -0.2) is 38.3 Å². The number of benzene rings is 2. The summed E-state index contributed by atoms with van der Waals surface area (Å²) < 4.78 is 156. The summed E-state index contributed by atoms with van der Waals surface area (Å²) in [5, 5.41) is 27.6. The molecule has 0 spiro atoms. The maximum Gasteiger partial charge on any atom is 0.407 e. The van der Waals surface area contributed by atoms with Gasteiger partial charge in [0.25, 0.3) is 5.91 Å². The Morgan fingerprint density at radius 3 is 1.85 bits per heavy atom. The SMILES string of the molecule is COC(=O)NC(C(=O)NC(Cc1ccc(-c2cnc(N3CC4CCC(C3)N4C3COC3)nc2)cc1)C(O)CN(Cc1c(F)cc(-c2cn(C(F)F)cn2)cc1F)NC(=O)C(NC(=O)O)C(C)(C)C(F)(F)F)C(C)(C)C(F)(F)F. The number of anilines is 1. The van der Waals surface area contributed by atoms with Crippen LogP contribution >= 0.6 is 0 Å². The van der Waals surface area contributed by atoms with Crippen molar-refractivity contribution in [3.8, 4) is 22.4 Å². The maximum atomic E-state index is 16.0. The number of alkyl carbamates (subject to hydrolysis) is 1. The number of carbonyl (C=O) groups excluding carboxylic acids is 3. The number of methoxy groups -OCH3 is 1. The van der Waals surface area contributed by atoms with E-state index in [0.717, 1.165) is 39.2 Å². The van der Waals surface area contributed by atoms with E-state index >= 15 is 8.78 Å². The molecule has 2 aromatic carbocycles. The summed E-state index contributed by atoms with van der Waals surface area (Å²) in [6, 6.07) is 1.64. The van der Waals surface area contributed by atoms with Crippen LogP contribution in [0.25, 0.3) is 22.4 Å². The number of amides is 4. The fraction of sp³-hybridized carbons (Fsp3) is 0.531. The highest BCUT2D eigenvalue weighted by Crippen LogP contribution is 2.42. The second kappa shape index (κ2) is 23.2. The first-order chi connectivity index (χ1) is 36.5. The van der Waals surface area contributed by atoms with E-state index in [2.05, 4.69) is 34.8 Å². The lowest BCUT2D eigenvalue weighted by atomic mass is 9.82. The van der Waals surface area contributed by atoms with Gasteiger partial charge in [-0.2, -0.15) is 35.1 Å². The van der Waals surface area contributed by atoms with Crippen molar-refractivity contribution in [1.29, 1.82) is 0 Å². The van der Waals surface area contributed by atoms with Crippen LogP contribution in [-0.2, 0) is 32.0 Å². The van der Waals surface area contributed by atoms with E-state index in [9.17, 15) is 64.5 Å². The van der Waals surface area contributed by atoms with Gasteiger partial charge in [0.15, 0.2) is 0 Å². The maximum absolute atomic E-state index is 16.0. The van der Waals surface area contributed by atoms with Crippen molar-refractivity contribution in [2.75, 3.05) is 44.9 Å². The van der Waals surface area contributed by atoms with Crippen molar-refractivity contribution in [1.82, 2.24) is 50.8 Å². The number of halogens is 10. The molecule has 0 radical (unpaired) electrons. The van der Waals surface area contributed by atoms with E-state index < -0.39 is 115 Å². The number of carboxylic acid groups (broad SMARTS) is 1. The normalized spacial score (nSPS) is 19.0. The quantitative estimate of drug-likeness (QED) is 0.0429. The first-order valence-corrected chi connectivity index (χ1v) is 24.3. The lowest BCUT2D eigenvalue weighted by molar-refractivity contribution is -0.221. The molecule has 3 fully saturated rings. The Kier molecular flexibility index (Phi) is 17.5. The highest BCUT2D eigenvalue weighted by atomic mass is 19.4. The van der Waals surface area contributed by atoms with E-state index in [1.165, 1.54) is 17.4 Å². The van der Waals surface area contributed by atoms with Crippen LogP contribution in [-0.4, -0.2) is 158 Å². The zero-order valence-corrected chi connectivity index (χ0v) is 42.5. The lowest BCUT2D eigenvalue weighted by Crippen LogP contribution is -2.63. The number of aliphatic hydroxyl groups is 1. The number of aliphatic hydroxyl groups excluding tert-OH is 1.